The third-order valence-electron chi connectivity index (χ3n) is 5.96. The number of hydrogen-bond donors (Lipinski definition) is 1. The molecular weight excluding hydrogens is 446 g/mol. The third kappa shape index (κ3) is 3.97. The lowest BCUT2D eigenvalue weighted by molar-refractivity contribution is -0.160. The van der Waals surface area contributed by atoms with Crippen molar-refractivity contribution in [2.24, 2.45) is 0 Å². The highest BCUT2D eigenvalue weighted by molar-refractivity contribution is 7.16. The van der Waals surface area contributed by atoms with Gasteiger partial charge in [0.25, 0.3) is 0 Å². The van der Waals surface area contributed by atoms with E-state index in [1.54, 1.807) is 11.3 Å². The Kier molecular flexibility index (Phi) is 5.66. The zero-order valence-corrected chi connectivity index (χ0v) is 20.5. The number of aromatic nitrogens is 1. The molecule has 34 heavy (non-hydrogen) atoms. The normalized spacial score (nSPS) is 14.1. The average Bonchev–Trinajstić information content (AvgIpc) is 3.14. The molecule has 1 aliphatic heterocycles. The van der Waals surface area contributed by atoms with Crippen LogP contribution in [0.3, 0.4) is 0 Å². The SMILES string of the molecule is Cc1sc(-c2ccccc2)c(-c2ccc3c4c(ccnc24)CCO3)c1C(OC(C)(C)C)C(=O)O. The summed E-state index contributed by atoms with van der Waals surface area (Å²) in [6, 6.07) is 16.1. The molecule has 3 heterocycles. The van der Waals surface area contributed by atoms with E-state index in [1.165, 1.54) is 5.56 Å². The number of hydrogen-bond acceptors (Lipinski definition) is 5. The molecule has 5 nitrogen and oxygen atoms in total. The minimum Gasteiger partial charge on any atom is -0.493 e. The van der Waals surface area contributed by atoms with Crippen LogP contribution in [0.5, 0.6) is 5.75 Å². The molecule has 2 aromatic heterocycles. The second-order valence-electron chi connectivity index (χ2n) is 9.49. The van der Waals surface area contributed by atoms with Crippen LogP contribution in [0.25, 0.3) is 32.5 Å². The van der Waals surface area contributed by atoms with Gasteiger partial charge in [0.05, 0.1) is 17.7 Å². The van der Waals surface area contributed by atoms with Crippen LogP contribution >= 0.6 is 11.3 Å². The molecule has 0 bridgehead atoms. The van der Waals surface area contributed by atoms with Crippen LogP contribution in [0.1, 0.15) is 42.9 Å². The quantitative estimate of drug-likeness (QED) is 0.345. The largest absolute Gasteiger partial charge is 0.493 e. The number of carboxylic acids is 1. The average molecular weight is 474 g/mol. The van der Waals surface area contributed by atoms with E-state index in [2.05, 4.69) is 12.1 Å². The number of carboxylic acid groups (broad SMARTS) is 1. The maximum Gasteiger partial charge on any atom is 0.337 e. The number of aliphatic carboxylic acids is 1. The maximum absolute atomic E-state index is 12.5. The lowest BCUT2D eigenvalue weighted by Crippen LogP contribution is -2.27. The summed E-state index contributed by atoms with van der Waals surface area (Å²) in [6.07, 6.45) is 1.55. The van der Waals surface area contributed by atoms with E-state index < -0.39 is 17.7 Å². The molecule has 1 N–H and O–H groups in total. The van der Waals surface area contributed by atoms with Gasteiger partial charge in [-0.05, 0) is 57.0 Å². The van der Waals surface area contributed by atoms with Gasteiger partial charge in [-0.25, -0.2) is 4.79 Å². The smallest absolute Gasteiger partial charge is 0.337 e. The van der Waals surface area contributed by atoms with E-state index >= 15 is 0 Å². The van der Waals surface area contributed by atoms with Crippen molar-refractivity contribution in [2.75, 3.05) is 6.61 Å². The monoisotopic (exact) mass is 473 g/mol. The van der Waals surface area contributed by atoms with Gasteiger partial charge in [0.2, 0.25) is 0 Å². The van der Waals surface area contributed by atoms with E-state index in [4.69, 9.17) is 14.5 Å². The summed E-state index contributed by atoms with van der Waals surface area (Å²) >= 11 is 1.59. The fourth-order valence-corrected chi connectivity index (χ4v) is 5.82. The van der Waals surface area contributed by atoms with Gasteiger partial charge in [0.15, 0.2) is 6.10 Å². The number of ether oxygens (including phenoxy) is 2. The lowest BCUT2D eigenvalue weighted by Gasteiger charge is -2.26. The summed E-state index contributed by atoms with van der Waals surface area (Å²) < 4.78 is 12.1. The van der Waals surface area contributed by atoms with E-state index in [9.17, 15) is 9.90 Å². The molecule has 1 aliphatic rings. The zero-order chi connectivity index (χ0) is 24.0. The van der Waals surface area contributed by atoms with Gasteiger partial charge in [-0.1, -0.05) is 30.3 Å². The predicted molar refractivity (Wildman–Crippen MR) is 136 cm³/mol. The van der Waals surface area contributed by atoms with Crippen molar-refractivity contribution in [1.82, 2.24) is 4.98 Å². The molecule has 0 radical (unpaired) electrons. The van der Waals surface area contributed by atoms with Crippen LogP contribution in [-0.4, -0.2) is 28.3 Å². The fourth-order valence-electron chi connectivity index (χ4n) is 4.62. The van der Waals surface area contributed by atoms with Gasteiger partial charge < -0.3 is 14.6 Å². The molecule has 0 saturated carbocycles. The van der Waals surface area contributed by atoms with E-state index in [1.807, 2.05) is 70.3 Å². The Bertz CT molecular complexity index is 1380. The van der Waals surface area contributed by atoms with E-state index in [0.717, 1.165) is 49.5 Å². The van der Waals surface area contributed by atoms with Crippen LogP contribution in [-0.2, 0) is 16.0 Å². The second kappa shape index (κ2) is 8.53. The van der Waals surface area contributed by atoms with Crippen molar-refractivity contribution in [3.63, 3.8) is 0 Å². The highest BCUT2D eigenvalue weighted by Crippen LogP contribution is 2.49. The molecule has 0 spiro atoms. The van der Waals surface area contributed by atoms with E-state index in [0.29, 0.717) is 12.2 Å². The first-order valence-corrected chi connectivity index (χ1v) is 12.2. The molecule has 0 fully saturated rings. The van der Waals surface area contributed by atoms with Gasteiger partial charge >= 0.3 is 5.97 Å². The van der Waals surface area contributed by atoms with Gasteiger partial charge in [-0.2, -0.15) is 0 Å². The Morgan fingerprint density at radius 1 is 1.15 bits per heavy atom. The molecule has 4 aromatic rings. The molecule has 1 unspecified atom stereocenters. The molecule has 0 amide bonds. The van der Waals surface area contributed by atoms with Gasteiger partial charge in [0.1, 0.15) is 5.75 Å². The summed E-state index contributed by atoms with van der Waals surface area (Å²) in [5.41, 5.74) is 4.88. The Labute approximate surface area is 203 Å². The Hall–Kier alpha value is -3.22. The molecule has 174 valence electrons. The van der Waals surface area contributed by atoms with Crippen LogP contribution in [0.4, 0.5) is 0 Å². The van der Waals surface area contributed by atoms with Gasteiger partial charge in [-0.3, -0.25) is 4.98 Å². The lowest BCUT2D eigenvalue weighted by atomic mass is 9.90. The highest BCUT2D eigenvalue weighted by Gasteiger charge is 2.34. The number of aryl methyl sites for hydroxylation is 1. The molecule has 2 aromatic carbocycles. The van der Waals surface area contributed by atoms with Crippen LogP contribution in [0, 0.1) is 6.92 Å². The number of nitrogens with zero attached hydrogens (tertiary/aromatic N) is 1. The fraction of sp³-hybridized carbons (Fsp3) is 0.286. The zero-order valence-electron chi connectivity index (χ0n) is 19.7. The first kappa shape index (κ1) is 22.6. The minimum absolute atomic E-state index is 0.631. The Morgan fingerprint density at radius 3 is 2.62 bits per heavy atom. The van der Waals surface area contributed by atoms with Crippen molar-refractivity contribution in [3.8, 4) is 27.3 Å². The minimum atomic E-state index is -1.11. The number of rotatable bonds is 5. The van der Waals surface area contributed by atoms with Gasteiger partial charge in [0, 0.05) is 44.4 Å². The molecule has 0 aliphatic carbocycles. The molecule has 0 saturated heterocycles. The predicted octanol–water partition coefficient (Wildman–Crippen LogP) is 6.81. The number of carbonyl (C=O) groups is 1. The summed E-state index contributed by atoms with van der Waals surface area (Å²) in [7, 11) is 0. The van der Waals surface area contributed by atoms with Crippen LogP contribution in [0.15, 0.2) is 54.7 Å². The van der Waals surface area contributed by atoms with Crippen molar-refractivity contribution in [1.29, 1.82) is 0 Å². The van der Waals surface area contributed by atoms with Gasteiger partial charge in [-0.15, -0.1) is 11.3 Å². The molecule has 6 heteroatoms. The van der Waals surface area contributed by atoms with E-state index in [-0.39, 0.29) is 0 Å². The second-order valence-corrected chi connectivity index (χ2v) is 10.7. The topological polar surface area (TPSA) is 68.7 Å². The summed E-state index contributed by atoms with van der Waals surface area (Å²) in [5.74, 6) is -0.181. The van der Waals surface area contributed by atoms with Crippen molar-refractivity contribution in [3.05, 3.63) is 70.7 Å². The number of thiophene rings is 1. The molecule has 1 atom stereocenters. The van der Waals surface area contributed by atoms with Crippen LogP contribution in [0.2, 0.25) is 0 Å². The molecule has 5 rings (SSSR count). The number of pyridine rings is 1. The van der Waals surface area contributed by atoms with Crippen molar-refractivity contribution >= 4 is 28.2 Å². The van der Waals surface area contributed by atoms with Crippen molar-refractivity contribution in [2.45, 2.75) is 45.8 Å². The highest BCUT2D eigenvalue weighted by atomic mass is 32.1. The van der Waals surface area contributed by atoms with Crippen LogP contribution < -0.4 is 4.74 Å². The molecular formula is C28H27NO4S. The maximum atomic E-state index is 12.5. The summed E-state index contributed by atoms with van der Waals surface area (Å²) in [5, 5.41) is 11.3. The summed E-state index contributed by atoms with van der Waals surface area (Å²) in [6.45, 7) is 8.25. The Balaban J connectivity index is 1.85. The first-order valence-electron chi connectivity index (χ1n) is 11.4. The first-order chi connectivity index (χ1) is 16.2. The Morgan fingerprint density at radius 2 is 1.91 bits per heavy atom. The number of benzene rings is 2. The third-order valence-corrected chi connectivity index (χ3v) is 7.13. The standard InChI is InChI=1S/C28H27NO4S/c1-16-21(25(27(30)31)33-28(2,3)4)23(26(34-16)18-8-6-5-7-9-18)19-10-11-20-22-17(13-15-32-20)12-14-29-24(19)22/h5-12,14,25H,13,15H2,1-4H3,(H,30,31). The summed E-state index contributed by atoms with van der Waals surface area (Å²) in [4.78, 5) is 19.2. The van der Waals surface area contributed by atoms with Crippen molar-refractivity contribution < 1.29 is 19.4 Å².